The van der Waals surface area contributed by atoms with Crippen LogP contribution in [0.5, 0.6) is 0 Å². The van der Waals surface area contributed by atoms with Crippen molar-refractivity contribution < 1.29 is 25.2 Å². The molecule has 0 heterocycles. The molecule has 8 heteroatoms. The Morgan fingerprint density at radius 2 is 1.04 bits per heavy atom. The van der Waals surface area contributed by atoms with Crippen molar-refractivity contribution in [1.82, 2.24) is 0 Å². The van der Waals surface area contributed by atoms with Gasteiger partial charge >= 0.3 is 0 Å². The molecule has 142 valence electrons. The van der Waals surface area contributed by atoms with E-state index in [1.54, 1.807) is 50.2 Å². The second-order valence-corrected chi connectivity index (χ2v) is 9.28. The van der Waals surface area contributed by atoms with Gasteiger partial charge in [-0.1, -0.05) is 50.2 Å². The van der Waals surface area contributed by atoms with E-state index in [9.17, 15) is 16.8 Å². The molecule has 2 aromatic rings. The Morgan fingerprint density at radius 3 is 1.42 bits per heavy atom. The smallest absolute Gasteiger partial charge is 0.261 e. The molecule has 0 aliphatic rings. The molecule has 2 unspecified atom stereocenters. The zero-order chi connectivity index (χ0) is 19.4. The SMILES string of the molecule is CC(C)C(OS(=O)(=O)c1ccccc1)C(C)OS(=O)(=O)c1ccccc1. The Hall–Kier alpha value is -1.74. The molecule has 0 saturated carbocycles. The fraction of sp³-hybridized carbons (Fsp3) is 0.333. The fourth-order valence-corrected chi connectivity index (χ4v) is 4.80. The van der Waals surface area contributed by atoms with Gasteiger partial charge in [0, 0.05) is 0 Å². The molecule has 0 aliphatic carbocycles. The number of hydrogen-bond acceptors (Lipinski definition) is 6. The zero-order valence-electron chi connectivity index (χ0n) is 14.8. The Balaban J connectivity index is 2.22. The second kappa shape index (κ2) is 8.30. The molecule has 26 heavy (non-hydrogen) atoms. The average Bonchev–Trinajstić information content (AvgIpc) is 2.60. The van der Waals surface area contributed by atoms with Gasteiger partial charge in [0.05, 0.1) is 9.79 Å². The molecular weight excluding hydrogens is 376 g/mol. The van der Waals surface area contributed by atoms with Crippen LogP contribution in [0.2, 0.25) is 0 Å². The van der Waals surface area contributed by atoms with Crippen molar-refractivity contribution in [3.8, 4) is 0 Å². The summed E-state index contributed by atoms with van der Waals surface area (Å²) in [6, 6.07) is 15.4. The van der Waals surface area contributed by atoms with Gasteiger partial charge in [-0.15, -0.1) is 0 Å². The van der Waals surface area contributed by atoms with E-state index >= 15 is 0 Å². The molecule has 2 rings (SSSR count). The van der Waals surface area contributed by atoms with Gasteiger partial charge in [0.2, 0.25) is 0 Å². The molecule has 0 saturated heterocycles. The summed E-state index contributed by atoms with van der Waals surface area (Å²) >= 11 is 0. The van der Waals surface area contributed by atoms with Gasteiger partial charge in [-0.2, -0.15) is 16.8 Å². The predicted molar refractivity (Wildman–Crippen MR) is 97.5 cm³/mol. The van der Waals surface area contributed by atoms with Crippen LogP contribution in [0, 0.1) is 5.92 Å². The zero-order valence-corrected chi connectivity index (χ0v) is 16.4. The molecule has 0 aliphatic heterocycles. The number of rotatable bonds is 8. The monoisotopic (exact) mass is 398 g/mol. The molecule has 0 N–H and O–H groups in total. The summed E-state index contributed by atoms with van der Waals surface area (Å²) in [7, 11) is -8.08. The minimum Gasteiger partial charge on any atom is -0.261 e. The summed E-state index contributed by atoms with van der Waals surface area (Å²) in [5.74, 6) is -0.297. The summed E-state index contributed by atoms with van der Waals surface area (Å²) in [5.41, 5.74) is 0. The van der Waals surface area contributed by atoms with Crippen LogP contribution in [0.3, 0.4) is 0 Å². The highest BCUT2D eigenvalue weighted by molar-refractivity contribution is 7.87. The molecule has 0 fully saturated rings. The predicted octanol–water partition coefficient (Wildman–Crippen LogP) is 3.21. The molecule has 2 aromatic carbocycles. The third kappa shape index (κ3) is 5.14. The van der Waals surface area contributed by atoms with E-state index in [0.717, 1.165) is 0 Å². The maximum Gasteiger partial charge on any atom is 0.297 e. The van der Waals surface area contributed by atoms with Crippen molar-refractivity contribution in [3.05, 3.63) is 60.7 Å². The van der Waals surface area contributed by atoms with Gasteiger partial charge in [0.25, 0.3) is 20.2 Å². The Labute approximate surface area is 155 Å². The fourth-order valence-electron chi connectivity index (χ4n) is 2.42. The maximum atomic E-state index is 12.5. The highest BCUT2D eigenvalue weighted by Gasteiger charge is 2.32. The van der Waals surface area contributed by atoms with Crippen molar-refractivity contribution in [2.45, 2.75) is 42.8 Å². The molecule has 0 radical (unpaired) electrons. The average molecular weight is 399 g/mol. The van der Waals surface area contributed by atoms with E-state index in [1.807, 2.05) is 0 Å². The van der Waals surface area contributed by atoms with Crippen LogP contribution in [-0.4, -0.2) is 29.0 Å². The summed E-state index contributed by atoms with van der Waals surface area (Å²) in [6.45, 7) is 4.95. The molecule has 0 spiro atoms. The number of benzene rings is 2. The second-order valence-electron chi connectivity index (χ2n) is 6.14. The summed E-state index contributed by atoms with van der Waals surface area (Å²) in [4.78, 5) is 0.00374. The lowest BCUT2D eigenvalue weighted by molar-refractivity contribution is 0.0435. The standard InChI is InChI=1S/C18H22O6S2/c1-14(2)18(24-26(21,22)17-12-8-5-9-13-17)15(3)23-25(19,20)16-10-6-4-7-11-16/h4-15,18H,1-3H3. The lowest BCUT2D eigenvalue weighted by Crippen LogP contribution is -2.37. The van der Waals surface area contributed by atoms with Crippen molar-refractivity contribution >= 4 is 20.2 Å². The summed E-state index contributed by atoms with van der Waals surface area (Å²) < 4.78 is 60.2. The normalized spacial score (nSPS) is 14.9. The quantitative estimate of drug-likeness (QED) is 0.635. The Kier molecular flexibility index (Phi) is 6.57. The highest BCUT2D eigenvalue weighted by Crippen LogP contribution is 2.24. The van der Waals surface area contributed by atoms with Crippen LogP contribution in [0.4, 0.5) is 0 Å². The summed E-state index contributed by atoms with van der Waals surface area (Å²) in [5, 5.41) is 0. The largest absolute Gasteiger partial charge is 0.297 e. The topological polar surface area (TPSA) is 86.7 Å². The van der Waals surface area contributed by atoms with Crippen LogP contribution >= 0.6 is 0 Å². The van der Waals surface area contributed by atoms with E-state index in [4.69, 9.17) is 8.37 Å². The van der Waals surface area contributed by atoms with Crippen LogP contribution in [0.15, 0.2) is 70.5 Å². The molecule has 2 atom stereocenters. The van der Waals surface area contributed by atoms with Crippen LogP contribution in [0.1, 0.15) is 20.8 Å². The molecule has 6 nitrogen and oxygen atoms in total. The third-order valence-electron chi connectivity index (χ3n) is 3.70. The van der Waals surface area contributed by atoms with Crippen molar-refractivity contribution in [1.29, 1.82) is 0 Å². The minimum atomic E-state index is -4.04. The van der Waals surface area contributed by atoms with Gasteiger partial charge in [0.1, 0.15) is 12.2 Å². The van der Waals surface area contributed by atoms with Gasteiger partial charge in [-0.25, -0.2) is 0 Å². The van der Waals surface area contributed by atoms with Crippen molar-refractivity contribution in [2.75, 3.05) is 0 Å². The molecule has 0 aromatic heterocycles. The van der Waals surface area contributed by atoms with Crippen LogP contribution in [-0.2, 0) is 28.6 Å². The van der Waals surface area contributed by atoms with Crippen LogP contribution in [0.25, 0.3) is 0 Å². The first-order valence-corrected chi connectivity index (χ1v) is 10.9. The Bertz CT molecular complexity index is 907. The molecule has 0 bridgehead atoms. The first-order chi connectivity index (χ1) is 12.1. The lowest BCUT2D eigenvalue weighted by Gasteiger charge is -2.26. The molecular formula is C18H22O6S2. The molecule has 0 amide bonds. The van der Waals surface area contributed by atoms with Crippen molar-refractivity contribution in [3.63, 3.8) is 0 Å². The van der Waals surface area contributed by atoms with E-state index in [2.05, 4.69) is 0 Å². The third-order valence-corrected chi connectivity index (χ3v) is 6.43. The van der Waals surface area contributed by atoms with E-state index in [0.29, 0.717) is 0 Å². The van der Waals surface area contributed by atoms with Crippen LogP contribution < -0.4 is 0 Å². The lowest BCUT2D eigenvalue weighted by atomic mass is 10.0. The van der Waals surface area contributed by atoms with Gasteiger partial charge < -0.3 is 0 Å². The van der Waals surface area contributed by atoms with Gasteiger partial charge in [0.15, 0.2) is 0 Å². The van der Waals surface area contributed by atoms with Crippen molar-refractivity contribution in [2.24, 2.45) is 5.92 Å². The van der Waals surface area contributed by atoms with E-state index in [-0.39, 0.29) is 15.7 Å². The first-order valence-electron chi connectivity index (χ1n) is 8.10. The van der Waals surface area contributed by atoms with Gasteiger partial charge in [-0.3, -0.25) is 8.37 Å². The summed E-state index contributed by atoms with van der Waals surface area (Å²) in [6.07, 6.45) is -1.97. The van der Waals surface area contributed by atoms with Gasteiger partial charge in [-0.05, 0) is 37.1 Å². The van der Waals surface area contributed by atoms with E-state index in [1.165, 1.54) is 31.2 Å². The van der Waals surface area contributed by atoms with E-state index < -0.39 is 32.4 Å². The highest BCUT2D eigenvalue weighted by atomic mass is 32.2. The Morgan fingerprint density at radius 1 is 0.654 bits per heavy atom. The number of hydrogen-bond donors (Lipinski definition) is 0. The maximum absolute atomic E-state index is 12.5. The minimum absolute atomic E-state index is 0.000252. The first kappa shape index (κ1) is 20.6.